The Morgan fingerprint density at radius 2 is 1.92 bits per heavy atom. The van der Waals surface area contributed by atoms with Crippen LogP contribution in [-0.2, 0) is 4.79 Å². The Labute approximate surface area is 73.6 Å². The number of hydrogen-bond donors (Lipinski definition) is 2. The van der Waals surface area contributed by atoms with Crippen LogP contribution in [0.5, 0.6) is 0 Å². The molecule has 0 heterocycles. The van der Waals surface area contributed by atoms with Crippen molar-refractivity contribution in [3.63, 3.8) is 0 Å². The van der Waals surface area contributed by atoms with Crippen LogP contribution in [0.4, 0.5) is 0 Å². The van der Waals surface area contributed by atoms with Crippen LogP contribution in [0.25, 0.3) is 0 Å². The quantitative estimate of drug-likeness (QED) is 0.475. The first kappa shape index (κ1) is 11.4. The van der Waals surface area contributed by atoms with E-state index in [0.717, 1.165) is 6.42 Å². The number of likely N-dealkylation sites (N-methyl/N-ethyl adjacent to an activating group) is 1. The highest BCUT2D eigenvalue weighted by molar-refractivity contribution is 5.76. The number of quaternary nitrogens is 1. The number of hydrogen-bond acceptors (Lipinski definition) is 2. The normalized spacial score (nSPS) is 17.1. The van der Waals surface area contributed by atoms with Gasteiger partial charge in [0.25, 0.3) is 0 Å². The van der Waals surface area contributed by atoms with Crippen molar-refractivity contribution in [2.45, 2.75) is 25.4 Å². The van der Waals surface area contributed by atoms with Crippen LogP contribution in [0.3, 0.4) is 0 Å². The van der Waals surface area contributed by atoms with E-state index in [2.05, 4.69) is 0 Å². The molecule has 0 fully saturated rings. The fraction of sp³-hybridized carbons (Fsp3) is 0.875. The molecule has 3 N–H and O–H groups in total. The maximum absolute atomic E-state index is 10.9. The molecule has 0 rings (SSSR count). The third-order valence-corrected chi connectivity index (χ3v) is 2.20. The molecule has 0 amide bonds. The lowest BCUT2D eigenvalue weighted by atomic mass is 10.0. The maximum Gasteiger partial charge on any atom is 0.381 e. The van der Waals surface area contributed by atoms with E-state index in [-0.39, 0.29) is 4.48 Å². The largest absolute Gasteiger partial charge is 0.476 e. The summed E-state index contributed by atoms with van der Waals surface area (Å²) in [7, 11) is 5.39. The summed E-state index contributed by atoms with van der Waals surface area (Å²) < 4.78 is 0.246. The molecule has 4 nitrogen and oxygen atoms in total. The van der Waals surface area contributed by atoms with Gasteiger partial charge in [-0.1, -0.05) is 6.92 Å². The van der Waals surface area contributed by atoms with E-state index in [1.54, 1.807) is 21.1 Å². The molecule has 0 saturated heterocycles. The third-order valence-electron chi connectivity index (χ3n) is 2.20. The highest BCUT2D eigenvalue weighted by atomic mass is 16.4. The van der Waals surface area contributed by atoms with Crippen molar-refractivity contribution in [2.24, 2.45) is 5.73 Å². The molecule has 0 radical (unpaired) electrons. The van der Waals surface area contributed by atoms with Gasteiger partial charge in [0.1, 0.15) is 0 Å². The van der Waals surface area contributed by atoms with E-state index < -0.39 is 11.6 Å². The number of aliphatic carboxylic acids is 1. The fourth-order valence-electron chi connectivity index (χ4n) is 1.11. The second-order valence-electron chi connectivity index (χ2n) is 3.99. The minimum absolute atomic E-state index is 0.246. The fourth-order valence-corrected chi connectivity index (χ4v) is 1.11. The molecule has 0 aliphatic rings. The zero-order valence-electron chi connectivity index (χ0n) is 8.29. The van der Waals surface area contributed by atoms with Crippen molar-refractivity contribution >= 4 is 5.97 Å². The SMILES string of the molecule is CCCC(N)(C(=O)O)[N+](C)(C)C. The molecule has 0 spiro atoms. The van der Waals surface area contributed by atoms with Gasteiger partial charge in [0.15, 0.2) is 0 Å². The van der Waals surface area contributed by atoms with Crippen molar-refractivity contribution in [1.82, 2.24) is 0 Å². The summed E-state index contributed by atoms with van der Waals surface area (Å²) in [5, 5.41) is 8.96. The summed E-state index contributed by atoms with van der Waals surface area (Å²) >= 11 is 0. The highest BCUT2D eigenvalue weighted by Gasteiger charge is 2.45. The van der Waals surface area contributed by atoms with Crippen molar-refractivity contribution in [3.8, 4) is 0 Å². The minimum atomic E-state index is -1.16. The second-order valence-corrected chi connectivity index (χ2v) is 3.99. The van der Waals surface area contributed by atoms with Crippen molar-refractivity contribution in [1.29, 1.82) is 0 Å². The van der Waals surface area contributed by atoms with Crippen LogP contribution >= 0.6 is 0 Å². The lowest BCUT2D eigenvalue weighted by Gasteiger charge is -2.39. The van der Waals surface area contributed by atoms with Crippen LogP contribution in [0, 0.1) is 0 Å². The molecule has 72 valence electrons. The van der Waals surface area contributed by atoms with Gasteiger partial charge in [-0.25, -0.2) is 4.79 Å². The Hall–Kier alpha value is -0.610. The lowest BCUT2D eigenvalue weighted by Crippen LogP contribution is -2.67. The van der Waals surface area contributed by atoms with Crippen molar-refractivity contribution in [2.75, 3.05) is 21.1 Å². The predicted octanol–water partition coefficient (Wildman–Crippen LogP) is 0.232. The van der Waals surface area contributed by atoms with Gasteiger partial charge in [0, 0.05) is 6.42 Å². The summed E-state index contributed by atoms with van der Waals surface area (Å²) in [6.07, 6.45) is 1.27. The number of carboxylic acids is 1. The van der Waals surface area contributed by atoms with E-state index in [1.807, 2.05) is 6.92 Å². The van der Waals surface area contributed by atoms with Crippen LogP contribution in [0.1, 0.15) is 19.8 Å². The number of carboxylic acid groups (broad SMARTS) is 1. The van der Waals surface area contributed by atoms with Gasteiger partial charge < -0.3 is 9.59 Å². The standard InChI is InChI=1S/C8H18N2O2/c1-5-6-8(9,7(11)12)10(2,3)4/h5-6,9H2,1-4H3/p+1. The number of nitrogens with zero attached hydrogens (tertiary/aromatic N) is 1. The molecule has 0 aromatic rings. The van der Waals surface area contributed by atoms with E-state index in [9.17, 15) is 4.79 Å². The van der Waals surface area contributed by atoms with E-state index in [0.29, 0.717) is 6.42 Å². The summed E-state index contributed by atoms with van der Waals surface area (Å²) in [5.41, 5.74) is 4.64. The van der Waals surface area contributed by atoms with E-state index in [4.69, 9.17) is 10.8 Å². The zero-order chi connectivity index (χ0) is 9.99. The van der Waals surface area contributed by atoms with Crippen LogP contribution in [-0.4, -0.2) is 42.4 Å². The van der Waals surface area contributed by atoms with Crippen LogP contribution < -0.4 is 5.73 Å². The summed E-state index contributed by atoms with van der Waals surface area (Å²) in [6, 6.07) is 0. The second kappa shape index (κ2) is 3.41. The van der Waals surface area contributed by atoms with E-state index >= 15 is 0 Å². The molecular formula is C8H19N2O2+. The molecule has 0 aromatic carbocycles. The predicted molar refractivity (Wildman–Crippen MR) is 47.5 cm³/mol. The molecule has 0 aliphatic heterocycles. The Bertz CT molecular complexity index is 174. The molecule has 0 bridgehead atoms. The highest BCUT2D eigenvalue weighted by Crippen LogP contribution is 2.18. The topological polar surface area (TPSA) is 63.3 Å². The Balaban J connectivity index is 4.75. The number of rotatable bonds is 4. The first-order valence-electron chi connectivity index (χ1n) is 4.09. The third kappa shape index (κ3) is 1.95. The maximum atomic E-state index is 10.9. The Morgan fingerprint density at radius 3 is 2.00 bits per heavy atom. The first-order valence-corrected chi connectivity index (χ1v) is 4.09. The van der Waals surface area contributed by atoms with Gasteiger partial charge in [-0.05, 0) is 6.42 Å². The number of nitrogens with two attached hydrogens (primary N) is 1. The number of carbonyl (C=O) groups is 1. The lowest BCUT2D eigenvalue weighted by molar-refractivity contribution is -0.914. The van der Waals surface area contributed by atoms with Crippen molar-refractivity contribution < 1.29 is 14.4 Å². The van der Waals surface area contributed by atoms with Crippen LogP contribution in [0.15, 0.2) is 0 Å². The van der Waals surface area contributed by atoms with E-state index in [1.165, 1.54) is 0 Å². The zero-order valence-corrected chi connectivity index (χ0v) is 8.29. The molecule has 1 unspecified atom stereocenters. The molecule has 0 aromatic heterocycles. The van der Waals surface area contributed by atoms with Gasteiger partial charge in [0.2, 0.25) is 5.66 Å². The average molecular weight is 175 g/mol. The molecular weight excluding hydrogens is 156 g/mol. The first-order chi connectivity index (χ1) is 5.25. The Morgan fingerprint density at radius 1 is 1.50 bits per heavy atom. The molecule has 0 saturated carbocycles. The average Bonchev–Trinajstić information content (AvgIpc) is 1.85. The van der Waals surface area contributed by atoms with Gasteiger partial charge in [-0.2, -0.15) is 0 Å². The van der Waals surface area contributed by atoms with Gasteiger partial charge in [0.05, 0.1) is 21.1 Å². The van der Waals surface area contributed by atoms with Crippen LogP contribution in [0.2, 0.25) is 0 Å². The molecule has 1 atom stereocenters. The van der Waals surface area contributed by atoms with Gasteiger partial charge >= 0.3 is 5.97 Å². The summed E-state index contributed by atoms with van der Waals surface area (Å²) in [5.74, 6) is -0.933. The van der Waals surface area contributed by atoms with Gasteiger partial charge in [-0.15, -0.1) is 0 Å². The molecule has 0 aliphatic carbocycles. The minimum Gasteiger partial charge on any atom is -0.476 e. The molecule has 4 heteroatoms. The summed E-state index contributed by atoms with van der Waals surface area (Å²) in [4.78, 5) is 10.9. The molecule has 12 heavy (non-hydrogen) atoms. The Kier molecular flexibility index (Phi) is 3.24. The smallest absolute Gasteiger partial charge is 0.381 e. The summed E-state index contributed by atoms with van der Waals surface area (Å²) in [6.45, 7) is 1.93. The monoisotopic (exact) mass is 175 g/mol. The van der Waals surface area contributed by atoms with Gasteiger partial charge in [-0.3, -0.25) is 5.73 Å². The van der Waals surface area contributed by atoms with Crippen molar-refractivity contribution in [3.05, 3.63) is 0 Å².